The van der Waals surface area contributed by atoms with Crippen LogP contribution >= 0.6 is 23.2 Å². The van der Waals surface area contributed by atoms with Crippen molar-refractivity contribution < 1.29 is 9.59 Å². The number of nitrogens with one attached hydrogen (secondary N) is 1. The van der Waals surface area contributed by atoms with Crippen molar-refractivity contribution in [2.75, 3.05) is 11.4 Å². The summed E-state index contributed by atoms with van der Waals surface area (Å²) in [7, 11) is 0. The van der Waals surface area contributed by atoms with Crippen LogP contribution in [-0.2, 0) is 16.1 Å². The summed E-state index contributed by atoms with van der Waals surface area (Å²) in [6.45, 7) is 6.79. The number of nitriles is 1. The molecule has 0 saturated heterocycles. The highest BCUT2D eigenvalue weighted by Crippen LogP contribution is 2.49. The second kappa shape index (κ2) is 10.1. The van der Waals surface area contributed by atoms with E-state index in [1.807, 2.05) is 18.2 Å². The molecule has 0 aromatic heterocycles. The molecule has 2 aromatic carbocycles. The van der Waals surface area contributed by atoms with Gasteiger partial charge in [-0.1, -0.05) is 49.2 Å². The molecule has 1 fully saturated rings. The summed E-state index contributed by atoms with van der Waals surface area (Å²) in [5.41, 5.74) is 3.48. The van der Waals surface area contributed by atoms with Crippen LogP contribution in [0.5, 0.6) is 0 Å². The van der Waals surface area contributed by atoms with E-state index in [1.54, 1.807) is 23.1 Å². The van der Waals surface area contributed by atoms with Crippen LogP contribution in [0.2, 0.25) is 10.0 Å². The number of carbonyl (C=O) groups is 2. The third-order valence-electron chi connectivity index (χ3n) is 6.54. The zero-order valence-electron chi connectivity index (χ0n) is 20.1. The van der Waals surface area contributed by atoms with Crippen LogP contribution < -0.4 is 10.2 Å². The summed E-state index contributed by atoms with van der Waals surface area (Å²) in [5, 5.41) is 12.9. The number of Topliss-reactive ketones (excluding diaryl/α,β-unsaturated/α-hetero) is 1. The lowest BCUT2D eigenvalue weighted by Gasteiger charge is -2.41. The molecule has 0 spiro atoms. The maximum Gasteiger partial charge on any atom is 0.224 e. The zero-order chi connectivity index (χ0) is 25.3. The normalized spacial score (nSPS) is 20.9. The van der Waals surface area contributed by atoms with Gasteiger partial charge in [0.1, 0.15) is 5.78 Å². The minimum Gasteiger partial charge on any atom is -0.312 e. The van der Waals surface area contributed by atoms with E-state index in [1.165, 1.54) is 6.92 Å². The predicted octanol–water partition coefficient (Wildman–Crippen LogP) is 6.18. The summed E-state index contributed by atoms with van der Waals surface area (Å²) in [6.07, 6.45) is 1.46. The molecular formula is C27H28Cl2N4O2. The number of fused-ring (bicyclic) bond motifs is 2. The van der Waals surface area contributed by atoms with Gasteiger partial charge in [-0.2, -0.15) is 5.26 Å². The molecule has 1 N–H and O–H groups in total. The number of aliphatic imine (C=N–C) groups is 1. The Labute approximate surface area is 215 Å². The fourth-order valence-corrected chi connectivity index (χ4v) is 5.65. The summed E-state index contributed by atoms with van der Waals surface area (Å²) in [5.74, 6) is -0.750. The molecule has 0 radical (unpaired) electrons. The van der Waals surface area contributed by atoms with E-state index in [4.69, 9.17) is 33.5 Å². The number of halogens is 2. The second-order valence-corrected chi connectivity index (χ2v) is 10.8. The van der Waals surface area contributed by atoms with Crippen LogP contribution in [0.3, 0.4) is 0 Å². The van der Waals surface area contributed by atoms with Gasteiger partial charge >= 0.3 is 0 Å². The van der Waals surface area contributed by atoms with Gasteiger partial charge in [0.25, 0.3) is 0 Å². The number of ketones is 1. The molecule has 1 aliphatic carbocycles. The average Bonchev–Trinajstić information content (AvgIpc) is 2.89. The number of rotatable bonds is 5. The van der Waals surface area contributed by atoms with Crippen molar-refractivity contribution >= 4 is 52.0 Å². The van der Waals surface area contributed by atoms with Crippen molar-refractivity contribution in [2.45, 2.75) is 52.6 Å². The van der Waals surface area contributed by atoms with Gasteiger partial charge in [0, 0.05) is 48.6 Å². The molecule has 4 rings (SSSR count). The lowest BCUT2D eigenvalue weighted by atomic mass is 9.68. The molecule has 2 atom stereocenters. The average molecular weight is 511 g/mol. The highest BCUT2D eigenvalue weighted by atomic mass is 35.5. The zero-order valence-corrected chi connectivity index (χ0v) is 21.6. The fourth-order valence-electron chi connectivity index (χ4n) is 5.13. The monoisotopic (exact) mass is 510 g/mol. The van der Waals surface area contributed by atoms with Crippen molar-refractivity contribution in [3.05, 3.63) is 57.6 Å². The van der Waals surface area contributed by atoms with Crippen molar-refractivity contribution in [3.8, 4) is 6.07 Å². The van der Waals surface area contributed by atoms with Gasteiger partial charge in [0.15, 0.2) is 0 Å². The van der Waals surface area contributed by atoms with Crippen molar-refractivity contribution in [3.63, 3.8) is 0 Å². The van der Waals surface area contributed by atoms with Crippen LogP contribution in [0.1, 0.15) is 57.2 Å². The first-order valence-electron chi connectivity index (χ1n) is 11.7. The topological polar surface area (TPSA) is 85.6 Å². The Balaban J connectivity index is 1.89. The molecule has 182 valence electrons. The molecule has 1 saturated carbocycles. The Bertz CT molecular complexity index is 1250. The Hall–Kier alpha value is -2.72. The van der Waals surface area contributed by atoms with Crippen molar-refractivity contribution in [1.29, 1.82) is 5.26 Å². The smallest absolute Gasteiger partial charge is 0.224 e. The van der Waals surface area contributed by atoms with E-state index in [-0.39, 0.29) is 17.1 Å². The minimum absolute atomic E-state index is 0.0495. The van der Waals surface area contributed by atoms with E-state index in [0.29, 0.717) is 59.3 Å². The quantitative estimate of drug-likeness (QED) is 0.486. The largest absolute Gasteiger partial charge is 0.312 e. The van der Waals surface area contributed by atoms with Gasteiger partial charge in [-0.05, 0) is 47.2 Å². The molecule has 1 aliphatic heterocycles. The van der Waals surface area contributed by atoms with E-state index in [0.717, 1.165) is 11.3 Å². The van der Waals surface area contributed by atoms with E-state index in [9.17, 15) is 9.59 Å². The molecule has 8 heteroatoms. The summed E-state index contributed by atoms with van der Waals surface area (Å²) in [6, 6.07) is 12.4. The Morgan fingerprint density at radius 2 is 2.00 bits per heavy atom. The summed E-state index contributed by atoms with van der Waals surface area (Å²) in [4.78, 5) is 33.5. The highest BCUT2D eigenvalue weighted by molar-refractivity contribution is 6.35. The number of hydrogen-bond acceptors (Lipinski definition) is 5. The first-order chi connectivity index (χ1) is 16.6. The Morgan fingerprint density at radius 3 is 2.69 bits per heavy atom. The fraction of sp³-hybridized carbons (Fsp3) is 0.407. The van der Waals surface area contributed by atoms with Crippen molar-refractivity contribution in [2.24, 2.45) is 16.3 Å². The summed E-state index contributed by atoms with van der Waals surface area (Å²) < 4.78 is 0. The molecule has 1 amide bonds. The van der Waals surface area contributed by atoms with E-state index < -0.39 is 12.0 Å². The Kier molecular flexibility index (Phi) is 7.32. The highest BCUT2D eigenvalue weighted by Gasteiger charge is 2.47. The maximum atomic E-state index is 13.6. The third-order valence-corrected chi connectivity index (χ3v) is 7.10. The number of hydrogen-bond donors (Lipinski definition) is 1. The molecule has 6 nitrogen and oxygen atoms in total. The van der Waals surface area contributed by atoms with Crippen LogP contribution in [0.4, 0.5) is 11.4 Å². The molecule has 1 heterocycles. The maximum absolute atomic E-state index is 13.6. The van der Waals surface area contributed by atoms with Crippen molar-refractivity contribution in [1.82, 2.24) is 5.32 Å². The first kappa shape index (κ1) is 25.4. The number of amides is 1. The summed E-state index contributed by atoms with van der Waals surface area (Å²) >= 11 is 12.8. The standard InChI is InChI=1S/C27H28Cl2N4O2/c1-16(34)33-23-8-5-17(15-31-10-4-9-30)11-21(23)32-22-13-27(2,3)14-24(35)25(22)26(33)19-7-6-18(28)12-20(19)29/h5-8,11-12,25-26,31H,4,10,13-15H2,1-3H3. The molecule has 2 unspecified atom stereocenters. The predicted molar refractivity (Wildman–Crippen MR) is 139 cm³/mol. The molecule has 35 heavy (non-hydrogen) atoms. The van der Waals surface area contributed by atoms with Crippen LogP contribution in [-0.4, -0.2) is 23.9 Å². The van der Waals surface area contributed by atoms with Gasteiger partial charge in [0.05, 0.1) is 29.4 Å². The molecule has 2 aromatic rings. The Morgan fingerprint density at radius 1 is 1.23 bits per heavy atom. The number of nitrogens with zero attached hydrogens (tertiary/aromatic N) is 3. The first-order valence-corrected chi connectivity index (χ1v) is 12.4. The van der Waals surface area contributed by atoms with Gasteiger partial charge in [0.2, 0.25) is 5.91 Å². The van der Waals surface area contributed by atoms with Gasteiger partial charge in [-0.25, -0.2) is 0 Å². The molecule has 2 aliphatic rings. The minimum atomic E-state index is -0.625. The number of benzene rings is 2. The SMILES string of the molecule is CC(=O)N1c2ccc(CNCCC#N)cc2N=C2CC(C)(C)CC(=O)C2C1c1ccc(Cl)cc1Cl. The lowest BCUT2D eigenvalue weighted by Crippen LogP contribution is -2.47. The molecule has 0 bridgehead atoms. The number of carbonyl (C=O) groups excluding carboxylic acids is 2. The van der Waals surface area contributed by atoms with Crippen LogP contribution in [0, 0.1) is 22.7 Å². The van der Waals surface area contributed by atoms with Gasteiger partial charge in [-0.15, -0.1) is 0 Å². The van der Waals surface area contributed by atoms with Gasteiger partial charge < -0.3 is 10.2 Å². The number of anilines is 1. The van der Waals surface area contributed by atoms with Crippen LogP contribution in [0.15, 0.2) is 41.4 Å². The second-order valence-electron chi connectivity index (χ2n) is 9.97. The van der Waals surface area contributed by atoms with E-state index in [2.05, 4.69) is 25.2 Å². The molecular weight excluding hydrogens is 483 g/mol. The van der Waals surface area contributed by atoms with Crippen LogP contribution in [0.25, 0.3) is 0 Å². The van der Waals surface area contributed by atoms with E-state index >= 15 is 0 Å². The third kappa shape index (κ3) is 5.28. The lowest BCUT2D eigenvalue weighted by molar-refractivity contribution is -0.124. The van der Waals surface area contributed by atoms with Gasteiger partial charge in [-0.3, -0.25) is 14.6 Å².